The maximum Gasteiger partial charge on any atom is 0.248 e. The summed E-state index contributed by atoms with van der Waals surface area (Å²) in [7, 11) is 0. The molecule has 0 amide bonds. The first-order valence-corrected chi connectivity index (χ1v) is 7.17. The van der Waals surface area contributed by atoms with E-state index in [4.69, 9.17) is 0 Å². The van der Waals surface area contributed by atoms with Gasteiger partial charge in [-0.1, -0.05) is 38.5 Å². The lowest BCUT2D eigenvalue weighted by molar-refractivity contribution is -0.0722. The van der Waals surface area contributed by atoms with E-state index < -0.39 is 24.7 Å². The third-order valence-corrected chi connectivity index (χ3v) is 3.69. The molecule has 0 atom stereocenters. The third kappa shape index (κ3) is 7.22. The van der Waals surface area contributed by atoms with Crippen LogP contribution in [0.3, 0.4) is 0 Å². The lowest BCUT2D eigenvalue weighted by atomic mass is 9.97. The van der Waals surface area contributed by atoms with E-state index in [0.29, 0.717) is 12.8 Å². The second-order valence-electron chi connectivity index (χ2n) is 5.54. The first-order chi connectivity index (χ1) is 8.41. The zero-order chi connectivity index (χ0) is 13.5. The molecule has 1 aliphatic rings. The van der Waals surface area contributed by atoms with Crippen molar-refractivity contribution in [3.63, 3.8) is 0 Å². The van der Waals surface area contributed by atoms with Crippen molar-refractivity contribution >= 4 is 0 Å². The van der Waals surface area contributed by atoms with Crippen molar-refractivity contribution in [1.82, 2.24) is 0 Å². The number of halogens is 4. The average molecular weight is 268 g/mol. The lowest BCUT2D eigenvalue weighted by Crippen LogP contribution is -2.23. The fraction of sp³-hybridized carbons (Fsp3) is 1.00. The lowest BCUT2D eigenvalue weighted by Gasteiger charge is -2.21. The van der Waals surface area contributed by atoms with Crippen LogP contribution >= 0.6 is 0 Å². The number of hydrogen-bond donors (Lipinski definition) is 0. The van der Waals surface area contributed by atoms with Crippen LogP contribution < -0.4 is 0 Å². The van der Waals surface area contributed by atoms with Gasteiger partial charge in [0, 0.05) is 25.7 Å². The molecule has 18 heavy (non-hydrogen) atoms. The van der Waals surface area contributed by atoms with E-state index in [1.54, 1.807) is 0 Å². The van der Waals surface area contributed by atoms with Crippen molar-refractivity contribution in [3.05, 3.63) is 0 Å². The fourth-order valence-electron chi connectivity index (χ4n) is 2.44. The highest BCUT2D eigenvalue weighted by atomic mass is 19.3. The predicted molar refractivity (Wildman–Crippen MR) is 65.3 cm³/mol. The van der Waals surface area contributed by atoms with Crippen LogP contribution in [0.2, 0.25) is 0 Å². The van der Waals surface area contributed by atoms with Crippen molar-refractivity contribution in [2.45, 2.75) is 88.9 Å². The van der Waals surface area contributed by atoms with Crippen molar-refractivity contribution in [2.75, 3.05) is 0 Å². The highest BCUT2D eigenvalue weighted by Gasteiger charge is 2.35. The average Bonchev–Trinajstić information content (AvgIpc) is 2.28. The standard InChI is InChI=1S/C14H24F4/c15-13(16)9-7-5-3-1-2-4-6-8-10-14(17,18)12-11-13/h1-12H2. The molecule has 0 radical (unpaired) electrons. The van der Waals surface area contributed by atoms with E-state index in [1.165, 1.54) is 0 Å². The van der Waals surface area contributed by atoms with Crippen molar-refractivity contribution in [2.24, 2.45) is 0 Å². The van der Waals surface area contributed by atoms with Crippen LogP contribution in [-0.4, -0.2) is 11.8 Å². The van der Waals surface area contributed by atoms with E-state index >= 15 is 0 Å². The van der Waals surface area contributed by atoms with E-state index in [2.05, 4.69) is 0 Å². The summed E-state index contributed by atoms with van der Waals surface area (Å²) < 4.78 is 53.5. The molecule has 1 rings (SSSR count). The van der Waals surface area contributed by atoms with Gasteiger partial charge in [0.2, 0.25) is 11.8 Å². The zero-order valence-electron chi connectivity index (χ0n) is 11.0. The Labute approximate surface area is 107 Å². The van der Waals surface area contributed by atoms with Gasteiger partial charge in [0.25, 0.3) is 0 Å². The molecule has 1 saturated carbocycles. The largest absolute Gasteiger partial charge is 0.248 e. The molecule has 0 aromatic carbocycles. The van der Waals surface area contributed by atoms with Crippen molar-refractivity contribution in [1.29, 1.82) is 0 Å². The van der Waals surface area contributed by atoms with E-state index in [-0.39, 0.29) is 12.8 Å². The highest BCUT2D eigenvalue weighted by molar-refractivity contribution is 4.74. The summed E-state index contributed by atoms with van der Waals surface area (Å²) >= 11 is 0. The van der Waals surface area contributed by atoms with Gasteiger partial charge in [0.05, 0.1) is 0 Å². The molecule has 0 heterocycles. The Bertz CT molecular complexity index is 202. The summed E-state index contributed by atoms with van der Waals surface area (Å²) in [5.74, 6) is -5.82. The molecule has 1 aliphatic carbocycles. The number of hydrogen-bond acceptors (Lipinski definition) is 0. The van der Waals surface area contributed by atoms with Crippen LogP contribution in [0.15, 0.2) is 0 Å². The molecule has 0 aromatic heterocycles. The smallest absolute Gasteiger partial charge is 0.207 e. The Morgan fingerprint density at radius 2 is 0.667 bits per heavy atom. The molecular weight excluding hydrogens is 244 g/mol. The third-order valence-electron chi connectivity index (χ3n) is 3.69. The topological polar surface area (TPSA) is 0 Å². The van der Waals surface area contributed by atoms with Crippen LogP contribution in [0.1, 0.15) is 77.0 Å². The maximum atomic E-state index is 13.4. The first kappa shape index (κ1) is 15.8. The van der Waals surface area contributed by atoms with Gasteiger partial charge in [-0.25, -0.2) is 17.6 Å². The Kier molecular flexibility index (Phi) is 6.44. The molecule has 108 valence electrons. The molecule has 1 fully saturated rings. The fourth-order valence-corrected chi connectivity index (χ4v) is 2.44. The van der Waals surface area contributed by atoms with Gasteiger partial charge in [-0.2, -0.15) is 0 Å². The molecule has 4 heteroatoms. The van der Waals surface area contributed by atoms with Crippen LogP contribution in [-0.2, 0) is 0 Å². The summed E-state index contributed by atoms with van der Waals surface area (Å²) in [6, 6.07) is 0. The highest BCUT2D eigenvalue weighted by Crippen LogP contribution is 2.35. The summed E-state index contributed by atoms with van der Waals surface area (Å²) in [6.07, 6.45) is 4.78. The number of alkyl halides is 4. The van der Waals surface area contributed by atoms with Crippen LogP contribution in [0.4, 0.5) is 17.6 Å². The minimum absolute atomic E-state index is 0.233. The zero-order valence-corrected chi connectivity index (χ0v) is 11.0. The van der Waals surface area contributed by atoms with Crippen LogP contribution in [0.5, 0.6) is 0 Å². The Hall–Kier alpha value is -0.280. The number of rotatable bonds is 0. The molecule has 0 nitrogen and oxygen atoms in total. The molecule has 0 spiro atoms. The van der Waals surface area contributed by atoms with E-state index in [9.17, 15) is 17.6 Å². The molecule has 0 bridgehead atoms. The van der Waals surface area contributed by atoms with Gasteiger partial charge in [-0.15, -0.1) is 0 Å². The maximum absolute atomic E-state index is 13.4. The van der Waals surface area contributed by atoms with Gasteiger partial charge in [-0.05, 0) is 12.8 Å². The first-order valence-electron chi connectivity index (χ1n) is 7.17. The van der Waals surface area contributed by atoms with Gasteiger partial charge < -0.3 is 0 Å². The minimum Gasteiger partial charge on any atom is -0.207 e. The second kappa shape index (κ2) is 7.34. The Balaban J connectivity index is 2.44. The van der Waals surface area contributed by atoms with Crippen molar-refractivity contribution in [3.8, 4) is 0 Å². The van der Waals surface area contributed by atoms with Gasteiger partial charge in [-0.3, -0.25) is 0 Å². The summed E-state index contributed by atoms with van der Waals surface area (Å²) in [5.41, 5.74) is 0. The quantitative estimate of drug-likeness (QED) is 0.476. The van der Waals surface area contributed by atoms with Gasteiger partial charge in [0.15, 0.2) is 0 Å². The molecule has 0 aromatic rings. The SMILES string of the molecule is FC1(F)CCCCCCCCCCC(F)(F)CC1. The Morgan fingerprint density at radius 3 is 1.00 bits per heavy atom. The van der Waals surface area contributed by atoms with Crippen LogP contribution in [0.25, 0.3) is 0 Å². The normalized spacial score (nSPS) is 27.3. The predicted octanol–water partition coefficient (Wildman–Crippen LogP) is 5.95. The van der Waals surface area contributed by atoms with Gasteiger partial charge >= 0.3 is 0 Å². The van der Waals surface area contributed by atoms with E-state index in [0.717, 1.165) is 38.5 Å². The van der Waals surface area contributed by atoms with Crippen LogP contribution in [0, 0.1) is 0 Å². The monoisotopic (exact) mass is 268 g/mol. The molecule has 0 aliphatic heterocycles. The molecular formula is C14H24F4. The summed E-state index contributed by atoms with van der Waals surface area (Å²) in [4.78, 5) is 0. The Morgan fingerprint density at radius 1 is 0.389 bits per heavy atom. The van der Waals surface area contributed by atoms with E-state index in [1.807, 2.05) is 0 Å². The summed E-state index contributed by atoms with van der Waals surface area (Å²) in [6.45, 7) is 0. The minimum atomic E-state index is -2.91. The molecule has 0 saturated heterocycles. The molecule has 0 unspecified atom stereocenters. The van der Waals surface area contributed by atoms with Gasteiger partial charge in [0.1, 0.15) is 0 Å². The second-order valence-corrected chi connectivity index (χ2v) is 5.54. The summed E-state index contributed by atoms with van der Waals surface area (Å²) in [5, 5.41) is 0. The van der Waals surface area contributed by atoms with Crippen molar-refractivity contribution < 1.29 is 17.6 Å². The molecule has 0 N–H and O–H groups in total.